The van der Waals surface area contributed by atoms with Gasteiger partial charge in [-0.15, -0.1) is 0 Å². The van der Waals surface area contributed by atoms with Gasteiger partial charge in [0.05, 0.1) is 5.69 Å². The standard InChI is InChI=1S/C49H35NO/c1-49(2)43-23-11-10-19-39(43)40-29-28-36(31-44(40)49)50(35-16-4-3-5-17-35)45-24-13-25-46-47(45)41-20-9-8-18-38(41)42-22-12-21-37(48(42)51-46)34-27-26-32-14-6-7-15-33(32)30-34/h3-31H,1-2H3. The number of hydrogen-bond donors (Lipinski definition) is 0. The van der Waals surface area contributed by atoms with E-state index in [2.05, 4.69) is 195 Å². The summed E-state index contributed by atoms with van der Waals surface area (Å²) in [6, 6.07) is 63.5. The minimum Gasteiger partial charge on any atom is -0.455 e. The van der Waals surface area contributed by atoms with Crippen LogP contribution in [0.2, 0.25) is 0 Å². The van der Waals surface area contributed by atoms with Gasteiger partial charge in [0, 0.05) is 33.5 Å². The van der Waals surface area contributed by atoms with Gasteiger partial charge in [-0.2, -0.15) is 0 Å². The molecule has 0 amide bonds. The van der Waals surface area contributed by atoms with Crippen molar-refractivity contribution < 1.29 is 4.74 Å². The minimum atomic E-state index is -0.117. The Hall–Kier alpha value is -6.38. The average Bonchev–Trinajstić information content (AvgIpc) is 3.30. The highest BCUT2D eigenvalue weighted by Crippen LogP contribution is 2.55. The lowest BCUT2D eigenvalue weighted by Gasteiger charge is -2.30. The number of ether oxygens (including phenoxy) is 1. The van der Waals surface area contributed by atoms with Gasteiger partial charge in [0.15, 0.2) is 0 Å². The van der Waals surface area contributed by atoms with E-state index in [1.165, 1.54) is 33.0 Å². The first kappa shape index (κ1) is 29.5. The van der Waals surface area contributed by atoms with Crippen molar-refractivity contribution in [3.63, 3.8) is 0 Å². The second-order valence-corrected chi connectivity index (χ2v) is 14.1. The molecule has 51 heavy (non-hydrogen) atoms. The van der Waals surface area contributed by atoms with Crippen LogP contribution in [-0.4, -0.2) is 0 Å². The molecule has 0 radical (unpaired) electrons. The molecule has 1 aliphatic heterocycles. The quantitative estimate of drug-likeness (QED) is 0.187. The molecule has 0 N–H and O–H groups in total. The molecule has 0 unspecified atom stereocenters. The molecule has 2 heteroatoms. The minimum absolute atomic E-state index is 0.117. The smallest absolute Gasteiger partial charge is 0.143 e. The number of benzene rings is 8. The Morgan fingerprint density at radius 2 is 1.10 bits per heavy atom. The van der Waals surface area contributed by atoms with Gasteiger partial charge >= 0.3 is 0 Å². The number of fused-ring (bicyclic) bond motifs is 9. The van der Waals surface area contributed by atoms with Crippen molar-refractivity contribution in [3.8, 4) is 56.0 Å². The Labute approximate surface area is 298 Å². The SMILES string of the molecule is CC1(C)c2ccccc2-c2ccc(N(c3ccccc3)c3cccc4c3-c3ccccc3-c3cccc(-c5ccc6ccccc6c5)c3O4)cc21. The topological polar surface area (TPSA) is 12.5 Å². The van der Waals surface area contributed by atoms with E-state index in [0.717, 1.165) is 61.9 Å². The van der Waals surface area contributed by atoms with Crippen LogP contribution >= 0.6 is 0 Å². The maximum atomic E-state index is 7.17. The first-order valence-electron chi connectivity index (χ1n) is 17.7. The fourth-order valence-corrected chi connectivity index (χ4v) is 8.39. The van der Waals surface area contributed by atoms with E-state index in [-0.39, 0.29) is 5.41 Å². The highest BCUT2D eigenvalue weighted by atomic mass is 16.5. The first-order chi connectivity index (χ1) is 25.1. The fourth-order valence-electron chi connectivity index (χ4n) is 8.39. The number of hydrogen-bond acceptors (Lipinski definition) is 2. The molecule has 0 aromatic heterocycles. The van der Waals surface area contributed by atoms with Gasteiger partial charge < -0.3 is 9.64 Å². The van der Waals surface area contributed by atoms with E-state index in [1.54, 1.807) is 0 Å². The van der Waals surface area contributed by atoms with Crippen molar-refractivity contribution in [3.05, 3.63) is 187 Å². The molecule has 8 aromatic carbocycles. The zero-order chi connectivity index (χ0) is 34.1. The van der Waals surface area contributed by atoms with E-state index in [4.69, 9.17) is 4.74 Å². The van der Waals surface area contributed by atoms with Crippen molar-refractivity contribution in [2.75, 3.05) is 4.90 Å². The third-order valence-corrected chi connectivity index (χ3v) is 10.9. The Morgan fingerprint density at radius 1 is 0.431 bits per heavy atom. The maximum Gasteiger partial charge on any atom is 0.143 e. The van der Waals surface area contributed by atoms with E-state index in [9.17, 15) is 0 Å². The summed E-state index contributed by atoms with van der Waals surface area (Å²) in [5.74, 6) is 1.71. The van der Waals surface area contributed by atoms with E-state index in [1.807, 2.05) is 0 Å². The first-order valence-corrected chi connectivity index (χ1v) is 17.7. The highest BCUT2D eigenvalue weighted by Gasteiger charge is 2.36. The predicted molar refractivity (Wildman–Crippen MR) is 213 cm³/mol. The molecule has 1 aliphatic carbocycles. The molecular weight excluding hydrogens is 619 g/mol. The molecule has 242 valence electrons. The number of para-hydroxylation sites is 2. The predicted octanol–water partition coefficient (Wildman–Crippen LogP) is 13.7. The van der Waals surface area contributed by atoms with Gasteiger partial charge in [-0.3, -0.25) is 0 Å². The summed E-state index contributed by atoms with van der Waals surface area (Å²) < 4.78 is 7.17. The van der Waals surface area contributed by atoms with Crippen LogP contribution in [0, 0.1) is 0 Å². The third-order valence-electron chi connectivity index (χ3n) is 10.9. The average molecular weight is 654 g/mol. The van der Waals surface area contributed by atoms with Crippen LogP contribution in [0.25, 0.3) is 55.3 Å². The molecular formula is C49H35NO. The van der Waals surface area contributed by atoms with Crippen molar-refractivity contribution in [1.29, 1.82) is 0 Å². The molecule has 0 bridgehead atoms. The lowest BCUT2D eigenvalue weighted by atomic mass is 9.82. The van der Waals surface area contributed by atoms with Gasteiger partial charge in [0.25, 0.3) is 0 Å². The van der Waals surface area contributed by atoms with Crippen LogP contribution in [0.1, 0.15) is 25.0 Å². The van der Waals surface area contributed by atoms with Gasteiger partial charge in [-0.25, -0.2) is 0 Å². The molecule has 1 heterocycles. The lowest BCUT2D eigenvalue weighted by Crippen LogP contribution is -2.17. The summed E-state index contributed by atoms with van der Waals surface area (Å²) in [5.41, 5.74) is 15.2. The summed E-state index contributed by atoms with van der Waals surface area (Å²) in [4.78, 5) is 2.40. The number of anilines is 3. The van der Waals surface area contributed by atoms with Gasteiger partial charge in [-0.05, 0) is 92.2 Å². The summed E-state index contributed by atoms with van der Waals surface area (Å²) in [6.07, 6.45) is 0. The largest absolute Gasteiger partial charge is 0.455 e. The Balaban J connectivity index is 1.19. The second-order valence-electron chi connectivity index (χ2n) is 14.1. The molecule has 0 saturated heterocycles. The van der Waals surface area contributed by atoms with Crippen LogP contribution in [0.5, 0.6) is 11.5 Å². The monoisotopic (exact) mass is 653 g/mol. The molecule has 8 aromatic rings. The lowest BCUT2D eigenvalue weighted by molar-refractivity contribution is 0.489. The van der Waals surface area contributed by atoms with Gasteiger partial charge in [-0.1, -0.05) is 147 Å². The molecule has 2 nitrogen and oxygen atoms in total. The molecule has 0 saturated carbocycles. The highest BCUT2D eigenvalue weighted by molar-refractivity contribution is 6.01. The molecule has 0 atom stereocenters. The summed E-state index contributed by atoms with van der Waals surface area (Å²) in [7, 11) is 0. The van der Waals surface area contributed by atoms with E-state index < -0.39 is 0 Å². The number of rotatable bonds is 4. The summed E-state index contributed by atoms with van der Waals surface area (Å²) in [5, 5.41) is 2.44. The van der Waals surface area contributed by atoms with Crippen LogP contribution in [0.4, 0.5) is 17.1 Å². The third kappa shape index (κ3) is 4.57. The van der Waals surface area contributed by atoms with E-state index in [0.29, 0.717) is 0 Å². The molecule has 10 rings (SSSR count). The Kier molecular flexibility index (Phi) is 6.56. The Bertz CT molecular complexity index is 2650. The van der Waals surface area contributed by atoms with Gasteiger partial charge in [0.1, 0.15) is 11.5 Å². The summed E-state index contributed by atoms with van der Waals surface area (Å²) >= 11 is 0. The van der Waals surface area contributed by atoms with Crippen LogP contribution in [0.3, 0.4) is 0 Å². The van der Waals surface area contributed by atoms with Crippen LogP contribution in [-0.2, 0) is 5.41 Å². The zero-order valence-electron chi connectivity index (χ0n) is 28.6. The maximum absolute atomic E-state index is 7.17. The zero-order valence-corrected chi connectivity index (χ0v) is 28.6. The second kappa shape index (κ2) is 11.3. The van der Waals surface area contributed by atoms with Crippen LogP contribution in [0.15, 0.2) is 176 Å². The molecule has 0 spiro atoms. The van der Waals surface area contributed by atoms with Crippen molar-refractivity contribution >= 4 is 27.8 Å². The molecule has 0 fully saturated rings. The molecule has 2 aliphatic rings. The van der Waals surface area contributed by atoms with E-state index >= 15 is 0 Å². The van der Waals surface area contributed by atoms with Crippen molar-refractivity contribution in [2.45, 2.75) is 19.3 Å². The normalized spacial score (nSPS) is 13.2. The van der Waals surface area contributed by atoms with Crippen molar-refractivity contribution in [1.82, 2.24) is 0 Å². The summed E-state index contributed by atoms with van der Waals surface area (Å²) in [6.45, 7) is 4.69. The fraction of sp³-hybridized carbons (Fsp3) is 0.0612. The van der Waals surface area contributed by atoms with Crippen LogP contribution < -0.4 is 9.64 Å². The number of nitrogens with zero attached hydrogens (tertiary/aromatic N) is 1. The van der Waals surface area contributed by atoms with Crippen molar-refractivity contribution in [2.24, 2.45) is 0 Å². The Morgan fingerprint density at radius 3 is 1.96 bits per heavy atom. The van der Waals surface area contributed by atoms with Gasteiger partial charge in [0.2, 0.25) is 0 Å².